The first-order valence-electron chi connectivity index (χ1n) is 8.60. The topological polar surface area (TPSA) is 108 Å². The van der Waals surface area contributed by atoms with Gasteiger partial charge in [-0.05, 0) is 48.0 Å². The van der Waals surface area contributed by atoms with Crippen LogP contribution in [0.25, 0.3) is 11.1 Å². The molecule has 0 saturated carbocycles. The van der Waals surface area contributed by atoms with Crippen molar-refractivity contribution in [2.45, 2.75) is 6.92 Å². The molecule has 0 atom stereocenters. The van der Waals surface area contributed by atoms with Gasteiger partial charge in [0.1, 0.15) is 17.3 Å². The van der Waals surface area contributed by atoms with E-state index >= 15 is 0 Å². The van der Waals surface area contributed by atoms with Crippen LogP contribution in [-0.4, -0.2) is 10.8 Å². The van der Waals surface area contributed by atoms with Gasteiger partial charge < -0.3 is 10.6 Å². The Kier molecular flexibility index (Phi) is 5.69. The molecule has 0 saturated heterocycles. The van der Waals surface area contributed by atoms with Gasteiger partial charge >= 0.3 is 0 Å². The highest BCUT2D eigenvalue weighted by molar-refractivity contribution is 5.91. The van der Waals surface area contributed by atoms with E-state index in [0.29, 0.717) is 16.9 Å². The first-order chi connectivity index (χ1) is 14.3. The van der Waals surface area contributed by atoms with Crippen molar-refractivity contribution in [1.82, 2.24) is 0 Å². The molecule has 0 unspecified atom stereocenters. The summed E-state index contributed by atoms with van der Waals surface area (Å²) >= 11 is 0. The molecule has 0 aliphatic heterocycles. The molecule has 0 spiro atoms. The van der Waals surface area contributed by atoms with E-state index < -0.39 is 16.6 Å². The minimum Gasteiger partial charge on any atom is -0.350 e. The fourth-order valence-corrected chi connectivity index (χ4v) is 2.87. The summed E-state index contributed by atoms with van der Waals surface area (Å²) in [5.74, 6) is -1.91. The van der Waals surface area contributed by atoms with Gasteiger partial charge in [0.05, 0.1) is 16.6 Å². The van der Waals surface area contributed by atoms with Crippen LogP contribution in [0.15, 0.2) is 54.6 Å². The van der Waals surface area contributed by atoms with Crippen molar-refractivity contribution in [1.29, 1.82) is 5.26 Å². The molecule has 0 bridgehead atoms. The lowest BCUT2D eigenvalue weighted by Crippen LogP contribution is -2.06. The number of nitro benzene ring substituents is 1. The van der Waals surface area contributed by atoms with E-state index in [0.717, 1.165) is 18.2 Å². The zero-order valence-electron chi connectivity index (χ0n) is 15.6. The van der Waals surface area contributed by atoms with Gasteiger partial charge in [0.25, 0.3) is 5.69 Å². The van der Waals surface area contributed by atoms with Crippen molar-refractivity contribution in [3.8, 4) is 17.2 Å². The molecule has 3 rings (SSSR count). The molecular weight excluding hydrogens is 394 g/mol. The van der Waals surface area contributed by atoms with Crippen LogP contribution in [0.3, 0.4) is 0 Å². The second kappa shape index (κ2) is 8.36. The highest BCUT2D eigenvalue weighted by Crippen LogP contribution is 2.33. The summed E-state index contributed by atoms with van der Waals surface area (Å²) in [5.41, 5.74) is 0.917. The number of carbonyl (C=O) groups excluding carboxylic acids is 1. The summed E-state index contributed by atoms with van der Waals surface area (Å²) in [7, 11) is 0. The number of nitrogens with zero attached hydrogens (tertiary/aromatic N) is 2. The van der Waals surface area contributed by atoms with Gasteiger partial charge in [0.15, 0.2) is 0 Å². The minimum atomic E-state index is -0.801. The van der Waals surface area contributed by atoms with E-state index in [1.807, 2.05) is 6.07 Å². The molecule has 0 aliphatic rings. The quantitative estimate of drug-likeness (QED) is 0.450. The lowest BCUT2D eigenvalue weighted by atomic mass is 10.0. The third-order valence-corrected chi connectivity index (χ3v) is 4.10. The van der Waals surface area contributed by atoms with Crippen LogP contribution in [0.2, 0.25) is 0 Å². The molecule has 30 heavy (non-hydrogen) atoms. The largest absolute Gasteiger partial charge is 0.350 e. The highest BCUT2D eigenvalue weighted by atomic mass is 19.1. The zero-order valence-corrected chi connectivity index (χ0v) is 15.6. The molecule has 1 amide bonds. The molecule has 0 fully saturated rings. The molecule has 0 aromatic heterocycles. The Hall–Kier alpha value is -4.32. The van der Waals surface area contributed by atoms with Crippen molar-refractivity contribution in [2.75, 3.05) is 10.6 Å². The van der Waals surface area contributed by atoms with Crippen molar-refractivity contribution in [3.63, 3.8) is 0 Å². The van der Waals surface area contributed by atoms with Gasteiger partial charge in [0.2, 0.25) is 5.91 Å². The van der Waals surface area contributed by atoms with E-state index in [9.17, 15) is 23.7 Å². The number of nitrogens with one attached hydrogen (secondary N) is 2. The Bertz CT molecular complexity index is 1210. The molecule has 0 radical (unpaired) electrons. The standard InChI is InChI=1S/C21H14F2N4O3/c1-12(28)25-16-7-14(18-4-3-15(22)9-19(18)23)8-17(10-16)26-20-5-2-13(11-24)6-21(20)27(29)30/h2-10,26H,1H3,(H,25,28). The van der Waals surface area contributed by atoms with Gasteiger partial charge in [-0.1, -0.05) is 0 Å². The summed E-state index contributed by atoms with van der Waals surface area (Å²) < 4.78 is 27.5. The Labute approximate surface area is 169 Å². The van der Waals surface area contributed by atoms with Crippen LogP contribution in [0.1, 0.15) is 12.5 Å². The first-order valence-corrected chi connectivity index (χ1v) is 8.60. The molecule has 0 aliphatic carbocycles. The van der Waals surface area contributed by atoms with Crippen molar-refractivity contribution < 1.29 is 18.5 Å². The maximum absolute atomic E-state index is 14.3. The van der Waals surface area contributed by atoms with Gasteiger partial charge in [-0.3, -0.25) is 14.9 Å². The van der Waals surface area contributed by atoms with Crippen LogP contribution in [-0.2, 0) is 4.79 Å². The Morgan fingerprint density at radius 3 is 2.43 bits per heavy atom. The summed E-state index contributed by atoms with van der Waals surface area (Å²) in [6.07, 6.45) is 0. The summed E-state index contributed by atoms with van der Waals surface area (Å²) in [4.78, 5) is 22.2. The van der Waals surface area contributed by atoms with Crippen molar-refractivity contribution in [3.05, 3.63) is 81.9 Å². The number of rotatable bonds is 5. The van der Waals surface area contributed by atoms with Gasteiger partial charge in [-0.15, -0.1) is 0 Å². The van der Waals surface area contributed by atoms with Crippen LogP contribution in [0.4, 0.5) is 31.5 Å². The Balaban J connectivity index is 2.10. The van der Waals surface area contributed by atoms with Gasteiger partial charge in [-0.25, -0.2) is 8.78 Å². The average molecular weight is 408 g/mol. The second-order valence-electron chi connectivity index (χ2n) is 6.33. The average Bonchev–Trinajstić information content (AvgIpc) is 2.67. The number of amides is 1. The first kappa shape index (κ1) is 20.4. The van der Waals surface area contributed by atoms with Crippen LogP contribution in [0.5, 0.6) is 0 Å². The van der Waals surface area contributed by atoms with E-state index in [2.05, 4.69) is 10.6 Å². The summed E-state index contributed by atoms with van der Waals surface area (Å²) in [6.45, 7) is 1.30. The highest BCUT2D eigenvalue weighted by Gasteiger charge is 2.16. The molecule has 9 heteroatoms. The number of hydrogen-bond donors (Lipinski definition) is 2. The predicted molar refractivity (Wildman–Crippen MR) is 107 cm³/mol. The molecule has 3 aromatic rings. The maximum Gasteiger partial charge on any atom is 0.293 e. The fourth-order valence-electron chi connectivity index (χ4n) is 2.87. The smallest absolute Gasteiger partial charge is 0.293 e. The van der Waals surface area contributed by atoms with E-state index in [-0.39, 0.29) is 28.4 Å². The summed E-state index contributed by atoms with van der Waals surface area (Å²) in [6, 6.07) is 13.3. The molecule has 0 heterocycles. The molecular formula is C21H14F2N4O3. The van der Waals surface area contributed by atoms with Crippen LogP contribution in [0, 0.1) is 33.1 Å². The number of carbonyl (C=O) groups is 1. The second-order valence-corrected chi connectivity index (χ2v) is 6.33. The molecule has 3 aromatic carbocycles. The third kappa shape index (κ3) is 4.56. The van der Waals surface area contributed by atoms with Crippen molar-refractivity contribution in [2.24, 2.45) is 0 Å². The maximum atomic E-state index is 14.3. The monoisotopic (exact) mass is 408 g/mol. The minimum absolute atomic E-state index is 0.0842. The summed E-state index contributed by atoms with van der Waals surface area (Å²) in [5, 5.41) is 25.8. The number of halogens is 2. The molecule has 150 valence electrons. The molecule has 7 nitrogen and oxygen atoms in total. The number of hydrogen-bond acceptors (Lipinski definition) is 5. The van der Waals surface area contributed by atoms with Crippen LogP contribution >= 0.6 is 0 Å². The Morgan fingerprint density at radius 1 is 1.07 bits per heavy atom. The van der Waals surface area contributed by atoms with Gasteiger partial charge in [-0.2, -0.15) is 5.26 Å². The van der Waals surface area contributed by atoms with E-state index in [4.69, 9.17) is 5.26 Å². The molecule has 2 N–H and O–H groups in total. The lowest BCUT2D eigenvalue weighted by molar-refractivity contribution is -0.383. The fraction of sp³-hybridized carbons (Fsp3) is 0.0476. The van der Waals surface area contributed by atoms with Crippen LogP contribution < -0.4 is 10.6 Å². The van der Waals surface area contributed by atoms with E-state index in [1.165, 1.54) is 43.3 Å². The lowest BCUT2D eigenvalue weighted by Gasteiger charge is -2.13. The number of nitriles is 1. The Morgan fingerprint density at radius 2 is 1.80 bits per heavy atom. The number of anilines is 3. The number of nitro groups is 1. The SMILES string of the molecule is CC(=O)Nc1cc(Nc2ccc(C#N)cc2[N+](=O)[O-])cc(-c2ccc(F)cc2F)c1. The predicted octanol–water partition coefficient (Wildman–Crippen LogP) is 5.11. The van der Waals surface area contributed by atoms with Gasteiger partial charge in [0, 0.05) is 36.0 Å². The van der Waals surface area contributed by atoms with E-state index in [1.54, 1.807) is 0 Å². The third-order valence-electron chi connectivity index (χ3n) is 4.10. The zero-order chi connectivity index (χ0) is 21.8. The normalized spacial score (nSPS) is 10.2. The van der Waals surface area contributed by atoms with Crippen molar-refractivity contribution >= 4 is 28.7 Å². The number of benzene rings is 3.